The first-order valence-electron chi connectivity index (χ1n) is 9.43. The summed E-state index contributed by atoms with van der Waals surface area (Å²) in [7, 11) is 0. The minimum absolute atomic E-state index is 0.144. The van der Waals surface area contributed by atoms with Crippen LogP contribution in [0.2, 0.25) is 0 Å². The van der Waals surface area contributed by atoms with Gasteiger partial charge in [-0.3, -0.25) is 4.79 Å². The number of nitrogens with one attached hydrogen (secondary N) is 1. The molecule has 6 nitrogen and oxygen atoms in total. The number of anilines is 2. The van der Waals surface area contributed by atoms with Crippen LogP contribution in [0.15, 0.2) is 42.7 Å². The van der Waals surface area contributed by atoms with Gasteiger partial charge in [-0.25, -0.2) is 9.97 Å². The van der Waals surface area contributed by atoms with Gasteiger partial charge in [-0.2, -0.15) is 0 Å². The molecule has 0 radical (unpaired) electrons. The second kappa shape index (κ2) is 9.17. The molecule has 0 spiro atoms. The number of hydrogen-bond acceptors (Lipinski definition) is 5. The Balaban J connectivity index is 1.51. The molecule has 1 aliphatic rings. The van der Waals surface area contributed by atoms with Gasteiger partial charge in [-0.05, 0) is 18.6 Å². The molecule has 1 aliphatic heterocycles. The SMILES string of the molecule is CCCCCNC(=O)c1cnc(N2CCN(c3ccccc3)CC2)cn1. The molecule has 1 amide bonds. The fraction of sp³-hybridized carbons (Fsp3) is 0.450. The van der Waals surface area contributed by atoms with Gasteiger partial charge >= 0.3 is 0 Å². The van der Waals surface area contributed by atoms with Crippen LogP contribution >= 0.6 is 0 Å². The van der Waals surface area contributed by atoms with Crippen LogP contribution in [0, 0.1) is 0 Å². The molecule has 1 N–H and O–H groups in total. The minimum Gasteiger partial charge on any atom is -0.368 e. The highest BCUT2D eigenvalue weighted by molar-refractivity contribution is 5.91. The molecule has 0 unspecified atom stereocenters. The lowest BCUT2D eigenvalue weighted by atomic mass is 10.2. The van der Waals surface area contributed by atoms with E-state index in [4.69, 9.17) is 0 Å². The third-order valence-corrected chi connectivity index (χ3v) is 4.66. The Morgan fingerprint density at radius 2 is 1.73 bits per heavy atom. The maximum absolute atomic E-state index is 12.1. The van der Waals surface area contributed by atoms with Crippen LogP contribution < -0.4 is 15.1 Å². The molecule has 26 heavy (non-hydrogen) atoms. The van der Waals surface area contributed by atoms with Gasteiger partial charge in [0.1, 0.15) is 11.5 Å². The van der Waals surface area contributed by atoms with E-state index in [1.807, 2.05) is 6.07 Å². The summed E-state index contributed by atoms with van der Waals surface area (Å²) in [6.45, 7) is 6.53. The van der Waals surface area contributed by atoms with Crippen LogP contribution in [0.5, 0.6) is 0 Å². The zero-order chi connectivity index (χ0) is 18.2. The van der Waals surface area contributed by atoms with E-state index >= 15 is 0 Å². The second-order valence-electron chi connectivity index (χ2n) is 6.53. The normalized spacial score (nSPS) is 14.3. The Morgan fingerprint density at radius 3 is 2.38 bits per heavy atom. The summed E-state index contributed by atoms with van der Waals surface area (Å²) in [6.07, 6.45) is 6.55. The molecule has 1 saturated heterocycles. The quantitative estimate of drug-likeness (QED) is 0.776. The van der Waals surface area contributed by atoms with Gasteiger partial charge in [-0.1, -0.05) is 38.0 Å². The lowest BCUT2D eigenvalue weighted by Crippen LogP contribution is -2.46. The molecular formula is C20H27N5O. The highest BCUT2D eigenvalue weighted by Crippen LogP contribution is 2.18. The number of unbranched alkanes of at least 4 members (excludes halogenated alkanes) is 2. The van der Waals surface area contributed by atoms with E-state index in [9.17, 15) is 4.79 Å². The molecule has 6 heteroatoms. The molecule has 1 aromatic carbocycles. The average Bonchev–Trinajstić information content (AvgIpc) is 2.72. The van der Waals surface area contributed by atoms with E-state index < -0.39 is 0 Å². The summed E-state index contributed by atoms with van der Waals surface area (Å²) in [5.74, 6) is 0.689. The molecule has 1 fully saturated rings. The summed E-state index contributed by atoms with van der Waals surface area (Å²) in [5, 5.41) is 2.90. The first kappa shape index (κ1) is 18.2. The summed E-state index contributed by atoms with van der Waals surface area (Å²) < 4.78 is 0. The Morgan fingerprint density at radius 1 is 1.00 bits per heavy atom. The van der Waals surface area contributed by atoms with Gasteiger partial charge in [0.05, 0.1) is 12.4 Å². The van der Waals surface area contributed by atoms with Crippen molar-refractivity contribution in [2.45, 2.75) is 26.2 Å². The van der Waals surface area contributed by atoms with Crippen LogP contribution in [0.1, 0.15) is 36.7 Å². The van der Waals surface area contributed by atoms with Crippen molar-refractivity contribution in [2.75, 3.05) is 42.5 Å². The molecule has 1 aromatic heterocycles. The Bertz CT molecular complexity index is 681. The van der Waals surface area contributed by atoms with Crippen molar-refractivity contribution in [1.29, 1.82) is 0 Å². The number of amides is 1. The standard InChI is InChI=1S/C20H27N5O/c1-2-3-7-10-21-20(26)18-15-23-19(16-22-18)25-13-11-24(12-14-25)17-8-5-4-6-9-17/h4-6,8-9,15-16H,2-3,7,10-14H2,1H3,(H,21,26). The average molecular weight is 353 g/mol. The summed E-state index contributed by atoms with van der Waals surface area (Å²) in [6, 6.07) is 10.5. The topological polar surface area (TPSA) is 61.4 Å². The van der Waals surface area contributed by atoms with Crippen LogP contribution in [-0.2, 0) is 0 Å². The highest BCUT2D eigenvalue weighted by Gasteiger charge is 2.19. The first-order valence-corrected chi connectivity index (χ1v) is 9.43. The van der Waals surface area contributed by atoms with Crippen LogP contribution in [-0.4, -0.2) is 48.6 Å². The minimum atomic E-state index is -0.144. The summed E-state index contributed by atoms with van der Waals surface area (Å²) in [4.78, 5) is 25.4. The molecule has 3 rings (SSSR count). The van der Waals surface area contributed by atoms with Gasteiger partial charge in [0.25, 0.3) is 5.91 Å². The number of piperazine rings is 1. The van der Waals surface area contributed by atoms with Crippen LogP contribution in [0.3, 0.4) is 0 Å². The fourth-order valence-corrected chi connectivity index (χ4v) is 3.10. The third-order valence-electron chi connectivity index (χ3n) is 4.66. The van der Waals surface area contributed by atoms with Crippen LogP contribution in [0.25, 0.3) is 0 Å². The number of carbonyl (C=O) groups excluding carboxylic acids is 1. The zero-order valence-corrected chi connectivity index (χ0v) is 15.4. The van der Waals surface area contributed by atoms with E-state index in [2.05, 4.69) is 56.3 Å². The number of para-hydroxylation sites is 1. The third kappa shape index (κ3) is 4.71. The lowest BCUT2D eigenvalue weighted by molar-refractivity contribution is 0.0947. The smallest absolute Gasteiger partial charge is 0.271 e. The number of hydrogen-bond donors (Lipinski definition) is 1. The Hall–Kier alpha value is -2.63. The van der Waals surface area contributed by atoms with E-state index in [1.54, 1.807) is 12.4 Å². The number of rotatable bonds is 7. The highest BCUT2D eigenvalue weighted by atomic mass is 16.1. The van der Waals surface area contributed by atoms with E-state index in [0.29, 0.717) is 12.2 Å². The van der Waals surface area contributed by atoms with E-state index in [-0.39, 0.29) is 5.91 Å². The van der Waals surface area contributed by atoms with Crippen molar-refractivity contribution in [3.05, 3.63) is 48.4 Å². The largest absolute Gasteiger partial charge is 0.368 e. The van der Waals surface area contributed by atoms with Crippen molar-refractivity contribution in [3.8, 4) is 0 Å². The van der Waals surface area contributed by atoms with Crippen molar-refractivity contribution in [1.82, 2.24) is 15.3 Å². The first-order chi connectivity index (χ1) is 12.8. The van der Waals surface area contributed by atoms with Gasteiger partial charge in [0.2, 0.25) is 0 Å². The van der Waals surface area contributed by atoms with E-state index in [0.717, 1.165) is 51.3 Å². The molecule has 2 heterocycles. The van der Waals surface area contributed by atoms with E-state index in [1.165, 1.54) is 5.69 Å². The Kier molecular flexibility index (Phi) is 6.41. The van der Waals surface area contributed by atoms with Crippen LogP contribution in [0.4, 0.5) is 11.5 Å². The number of carbonyl (C=O) groups is 1. The maximum Gasteiger partial charge on any atom is 0.271 e. The zero-order valence-electron chi connectivity index (χ0n) is 15.4. The molecule has 0 atom stereocenters. The van der Waals surface area contributed by atoms with Crippen molar-refractivity contribution >= 4 is 17.4 Å². The second-order valence-corrected chi connectivity index (χ2v) is 6.53. The molecule has 138 valence electrons. The molecule has 0 bridgehead atoms. The van der Waals surface area contributed by atoms with Gasteiger partial charge in [0.15, 0.2) is 0 Å². The fourth-order valence-electron chi connectivity index (χ4n) is 3.10. The molecular weight excluding hydrogens is 326 g/mol. The predicted molar refractivity (Wildman–Crippen MR) is 105 cm³/mol. The molecule has 0 aliphatic carbocycles. The van der Waals surface area contributed by atoms with Crippen molar-refractivity contribution < 1.29 is 4.79 Å². The van der Waals surface area contributed by atoms with Gasteiger partial charge in [0, 0.05) is 38.4 Å². The number of aromatic nitrogens is 2. The Labute approximate surface area is 155 Å². The predicted octanol–water partition coefficient (Wildman–Crippen LogP) is 2.72. The van der Waals surface area contributed by atoms with Crippen molar-refractivity contribution in [3.63, 3.8) is 0 Å². The van der Waals surface area contributed by atoms with Gasteiger partial charge < -0.3 is 15.1 Å². The monoisotopic (exact) mass is 353 g/mol. The number of benzene rings is 1. The molecule has 2 aromatic rings. The molecule has 0 saturated carbocycles. The maximum atomic E-state index is 12.1. The summed E-state index contributed by atoms with van der Waals surface area (Å²) >= 11 is 0. The van der Waals surface area contributed by atoms with Crippen molar-refractivity contribution in [2.24, 2.45) is 0 Å². The lowest BCUT2D eigenvalue weighted by Gasteiger charge is -2.36. The van der Waals surface area contributed by atoms with Gasteiger partial charge in [-0.15, -0.1) is 0 Å². The number of nitrogens with zero attached hydrogens (tertiary/aromatic N) is 4. The summed E-state index contributed by atoms with van der Waals surface area (Å²) in [5.41, 5.74) is 1.64.